The molecule has 0 spiro atoms. The number of rotatable bonds is 1. The van der Waals surface area contributed by atoms with Crippen molar-refractivity contribution in [1.29, 1.82) is 0 Å². The van der Waals surface area contributed by atoms with Gasteiger partial charge in [-0.05, 0) is 33.6 Å². The summed E-state index contributed by atoms with van der Waals surface area (Å²) in [5.41, 5.74) is -0.767. The van der Waals surface area contributed by atoms with E-state index in [1.165, 1.54) is 12.1 Å². The van der Waals surface area contributed by atoms with E-state index in [2.05, 4.69) is 15.9 Å². The highest BCUT2D eigenvalue weighted by atomic mass is 79.9. The molecule has 2 aromatic carbocycles. The Balaban J connectivity index is 2.46. The fourth-order valence-electron chi connectivity index (χ4n) is 2.04. The first-order valence-electron chi connectivity index (χ1n) is 5.75. The van der Waals surface area contributed by atoms with Crippen LogP contribution in [0.15, 0.2) is 56.1 Å². The predicted octanol–water partition coefficient (Wildman–Crippen LogP) is 4.50. The molecule has 5 heteroatoms. The van der Waals surface area contributed by atoms with Gasteiger partial charge in [0, 0.05) is 0 Å². The third-order valence-electron chi connectivity index (χ3n) is 2.97. The maximum Gasteiger partial charge on any atom is 0.290 e. The molecule has 0 fully saturated rings. The fraction of sp³-hybridized carbons (Fsp3) is 0. The molecule has 0 aliphatic heterocycles. The van der Waals surface area contributed by atoms with E-state index in [-0.39, 0.29) is 21.0 Å². The van der Waals surface area contributed by atoms with Gasteiger partial charge in [-0.3, -0.25) is 4.79 Å². The maximum atomic E-state index is 14.1. The Morgan fingerprint density at radius 1 is 1.00 bits per heavy atom. The van der Waals surface area contributed by atoms with E-state index in [1.54, 1.807) is 30.3 Å². The highest BCUT2D eigenvalue weighted by Gasteiger charge is 2.19. The van der Waals surface area contributed by atoms with Crippen molar-refractivity contribution < 1.29 is 13.2 Å². The van der Waals surface area contributed by atoms with Crippen molar-refractivity contribution >= 4 is 26.9 Å². The van der Waals surface area contributed by atoms with Crippen LogP contribution in [0.3, 0.4) is 0 Å². The molecule has 0 aliphatic rings. The summed E-state index contributed by atoms with van der Waals surface area (Å²) in [6.45, 7) is 0. The quantitative estimate of drug-likeness (QED) is 0.654. The molecular weight excluding hydrogens is 330 g/mol. The third kappa shape index (κ3) is 1.94. The summed E-state index contributed by atoms with van der Waals surface area (Å²) in [4.78, 5) is 12.4. The zero-order chi connectivity index (χ0) is 14.3. The molecule has 3 aromatic rings. The fourth-order valence-corrected chi connectivity index (χ4v) is 2.37. The van der Waals surface area contributed by atoms with Gasteiger partial charge in [0.15, 0.2) is 5.82 Å². The maximum absolute atomic E-state index is 14.1. The third-order valence-corrected chi connectivity index (χ3v) is 3.58. The van der Waals surface area contributed by atoms with E-state index in [0.717, 1.165) is 0 Å². The monoisotopic (exact) mass is 336 g/mol. The second kappa shape index (κ2) is 4.83. The molecule has 2 nitrogen and oxygen atoms in total. The van der Waals surface area contributed by atoms with Gasteiger partial charge in [-0.25, -0.2) is 4.39 Å². The lowest BCUT2D eigenvalue weighted by molar-refractivity contribution is 0.373. The Bertz CT molecular complexity index is 857. The molecule has 0 saturated carbocycles. The van der Waals surface area contributed by atoms with E-state index in [0.29, 0.717) is 5.56 Å². The van der Waals surface area contributed by atoms with Crippen LogP contribution in [0.25, 0.3) is 22.1 Å². The molecule has 0 bridgehead atoms. The Hall–Kier alpha value is -2.01. The lowest BCUT2D eigenvalue weighted by Gasteiger charge is -2.05. The molecule has 0 amide bonds. The van der Waals surface area contributed by atoms with Crippen LogP contribution in [-0.2, 0) is 0 Å². The van der Waals surface area contributed by atoms with Gasteiger partial charge < -0.3 is 4.42 Å². The zero-order valence-corrected chi connectivity index (χ0v) is 11.6. The van der Waals surface area contributed by atoms with Crippen LogP contribution >= 0.6 is 15.9 Å². The summed E-state index contributed by atoms with van der Waals surface area (Å²) in [5.74, 6) is -0.756. The van der Waals surface area contributed by atoms with E-state index >= 15 is 0 Å². The van der Waals surface area contributed by atoms with Crippen LogP contribution in [0.5, 0.6) is 0 Å². The molecule has 1 aromatic heterocycles. The summed E-state index contributed by atoms with van der Waals surface area (Å²) in [6.07, 6.45) is 0. The summed E-state index contributed by atoms with van der Waals surface area (Å²) < 4.78 is 33.1. The van der Waals surface area contributed by atoms with Gasteiger partial charge >= 0.3 is 0 Å². The lowest BCUT2D eigenvalue weighted by Crippen LogP contribution is -2.10. The van der Waals surface area contributed by atoms with Crippen molar-refractivity contribution in [3.05, 3.63) is 69.0 Å². The van der Waals surface area contributed by atoms with Gasteiger partial charge in [-0.2, -0.15) is 4.39 Å². The lowest BCUT2D eigenvalue weighted by atomic mass is 10.1. The summed E-state index contributed by atoms with van der Waals surface area (Å²) >= 11 is 3.00. The van der Waals surface area contributed by atoms with Crippen molar-refractivity contribution in [1.82, 2.24) is 0 Å². The molecule has 0 saturated heterocycles. The van der Waals surface area contributed by atoms with Crippen LogP contribution in [0.2, 0.25) is 0 Å². The molecule has 0 atom stereocenters. The Labute approximate surface area is 120 Å². The zero-order valence-electron chi connectivity index (χ0n) is 9.99. The number of hydrogen-bond donors (Lipinski definition) is 0. The van der Waals surface area contributed by atoms with Gasteiger partial charge in [0.25, 0.3) is 6.01 Å². The smallest absolute Gasteiger partial charge is 0.290 e. The molecule has 0 radical (unpaired) electrons. The Kier molecular flexibility index (Phi) is 3.14. The van der Waals surface area contributed by atoms with Gasteiger partial charge in [0.2, 0.25) is 5.43 Å². The Morgan fingerprint density at radius 3 is 2.40 bits per heavy atom. The first-order valence-corrected chi connectivity index (χ1v) is 6.54. The number of hydrogen-bond acceptors (Lipinski definition) is 2. The van der Waals surface area contributed by atoms with Gasteiger partial charge in [0.1, 0.15) is 16.5 Å². The molecule has 0 aliphatic carbocycles. The molecule has 20 heavy (non-hydrogen) atoms. The van der Waals surface area contributed by atoms with Gasteiger partial charge in [-0.1, -0.05) is 30.3 Å². The van der Waals surface area contributed by atoms with Gasteiger partial charge in [0.05, 0.1) is 4.47 Å². The molecule has 0 N–H and O–H groups in total. The minimum absolute atomic E-state index is 0.118. The normalized spacial score (nSPS) is 10.9. The standard InChI is InChI=1S/C15H7BrF2O2/c16-9-6-7-10-12(13(9)17)14(19)11(15(18)20-10)8-4-2-1-3-5-8/h1-7H. The largest absolute Gasteiger partial charge is 0.430 e. The minimum Gasteiger partial charge on any atom is -0.430 e. The first-order chi connectivity index (χ1) is 9.59. The van der Waals surface area contributed by atoms with Crippen molar-refractivity contribution in [3.8, 4) is 11.1 Å². The molecular formula is C15H7BrF2O2. The first kappa shape index (κ1) is 13.0. The average molecular weight is 337 g/mol. The molecule has 1 heterocycles. The topological polar surface area (TPSA) is 30.2 Å². The number of fused-ring (bicyclic) bond motifs is 1. The van der Waals surface area contributed by atoms with E-state index in [1.807, 2.05) is 0 Å². The van der Waals surface area contributed by atoms with Crippen molar-refractivity contribution in [3.63, 3.8) is 0 Å². The minimum atomic E-state index is -1.02. The van der Waals surface area contributed by atoms with Crippen LogP contribution < -0.4 is 5.43 Å². The highest BCUT2D eigenvalue weighted by Crippen LogP contribution is 2.27. The molecule has 100 valence electrons. The van der Waals surface area contributed by atoms with Crippen molar-refractivity contribution in [2.45, 2.75) is 0 Å². The van der Waals surface area contributed by atoms with E-state index in [4.69, 9.17) is 4.42 Å². The second-order valence-corrected chi connectivity index (χ2v) is 5.03. The van der Waals surface area contributed by atoms with Crippen LogP contribution in [0, 0.1) is 11.8 Å². The summed E-state index contributed by atoms with van der Waals surface area (Å²) in [7, 11) is 0. The van der Waals surface area contributed by atoms with Crippen molar-refractivity contribution in [2.75, 3.05) is 0 Å². The SMILES string of the molecule is O=c1c(-c2ccccc2)c(F)oc2ccc(Br)c(F)c12. The second-order valence-electron chi connectivity index (χ2n) is 4.18. The van der Waals surface area contributed by atoms with Crippen LogP contribution in [0.1, 0.15) is 0 Å². The van der Waals surface area contributed by atoms with E-state index in [9.17, 15) is 13.6 Å². The van der Waals surface area contributed by atoms with E-state index < -0.39 is 17.3 Å². The number of halogens is 3. The number of benzene rings is 2. The molecule has 3 rings (SSSR count). The average Bonchev–Trinajstić information content (AvgIpc) is 2.44. The van der Waals surface area contributed by atoms with Crippen LogP contribution in [-0.4, -0.2) is 0 Å². The molecule has 0 unspecified atom stereocenters. The van der Waals surface area contributed by atoms with Crippen LogP contribution in [0.4, 0.5) is 8.78 Å². The predicted molar refractivity (Wildman–Crippen MR) is 75.5 cm³/mol. The van der Waals surface area contributed by atoms with Crippen molar-refractivity contribution in [2.24, 2.45) is 0 Å². The highest BCUT2D eigenvalue weighted by molar-refractivity contribution is 9.10. The van der Waals surface area contributed by atoms with Gasteiger partial charge in [-0.15, -0.1) is 0 Å². The Morgan fingerprint density at radius 2 is 1.70 bits per heavy atom. The summed E-state index contributed by atoms with van der Waals surface area (Å²) in [6, 6.07) is 9.89. The summed E-state index contributed by atoms with van der Waals surface area (Å²) in [5, 5.41) is -0.264.